The van der Waals surface area contributed by atoms with Crippen molar-refractivity contribution in [2.45, 2.75) is 53.0 Å². The van der Waals surface area contributed by atoms with Gasteiger partial charge in [0.05, 0.1) is 0 Å². The number of piperidine rings is 1. The lowest BCUT2D eigenvalue weighted by molar-refractivity contribution is -0.142. The van der Waals surface area contributed by atoms with Crippen LogP contribution in [-0.4, -0.2) is 47.9 Å². The van der Waals surface area contributed by atoms with Crippen LogP contribution < -0.4 is 10.2 Å². The molecule has 0 saturated carbocycles. The molecule has 2 aliphatic heterocycles. The van der Waals surface area contributed by atoms with Crippen LogP contribution in [0.3, 0.4) is 0 Å². The number of nitrogens with zero attached hydrogens (tertiary/aromatic N) is 3. The average molecular weight is 373 g/mol. The highest BCUT2D eigenvalue weighted by Gasteiger charge is 2.32. The van der Waals surface area contributed by atoms with E-state index in [0.29, 0.717) is 19.6 Å². The Hall–Kier alpha value is -2.11. The van der Waals surface area contributed by atoms with Gasteiger partial charge in [0, 0.05) is 50.3 Å². The van der Waals surface area contributed by atoms with Crippen LogP contribution in [0.1, 0.15) is 52.0 Å². The van der Waals surface area contributed by atoms with Gasteiger partial charge >= 0.3 is 0 Å². The minimum atomic E-state index is -0.358. The summed E-state index contributed by atoms with van der Waals surface area (Å²) in [6, 6.07) is 4.04. The van der Waals surface area contributed by atoms with Crippen molar-refractivity contribution >= 4 is 17.6 Å². The Kier molecular flexibility index (Phi) is 6.02. The predicted molar refractivity (Wildman–Crippen MR) is 106 cm³/mol. The number of nitrogens with one attached hydrogen (secondary N) is 1. The van der Waals surface area contributed by atoms with E-state index >= 15 is 0 Å². The number of anilines is 1. The number of carbonyl (C=O) groups excluding carboxylic acids is 2. The van der Waals surface area contributed by atoms with Gasteiger partial charge < -0.3 is 15.1 Å². The van der Waals surface area contributed by atoms with E-state index in [1.807, 2.05) is 37.9 Å². The molecule has 27 heavy (non-hydrogen) atoms. The molecule has 2 amide bonds. The summed E-state index contributed by atoms with van der Waals surface area (Å²) in [5, 5.41) is 3.07. The topological polar surface area (TPSA) is 65.5 Å². The van der Waals surface area contributed by atoms with Gasteiger partial charge in [0.1, 0.15) is 5.82 Å². The molecule has 0 bridgehead atoms. The summed E-state index contributed by atoms with van der Waals surface area (Å²) < 4.78 is 0. The highest BCUT2D eigenvalue weighted by molar-refractivity contribution is 5.82. The fourth-order valence-electron chi connectivity index (χ4n) is 3.84. The third-order valence-corrected chi connectivity index (χ3v) is 5.50. The number of amides is 2. The second kappa shape index (κ2) is 8.28. The van der Waals surface area contributed by atoms with E-state index in [9.17, 15) is 9.59 Å². The number of rotatable bonds is 4. The summed E-state index contributed by atoms with van der Waals surface area (Å²) in [5.74, 6) is 1.27. The fraction of sp³-hybridized carbons (Fsp3) is 0.667. The van der Waals surface area contributed by atoms with Gasteiger partial charge in [-0.2, -0.15) is 0 Å². The lowest BCUT2D eigenvalue weighted by Crippen LogP contribution is -2.46. The number of hydrogen-bond acceptors (Lipinski definition) is 4. The molecular formula is C21H32N4O2. The van der Waals surface area contributed by atoms with E-state index in [-0.39, 0.29) is 23.1 Å². The Labute approximate surface area is 162 Å². The van der Waals surface area contributed by atoms with Gasteiger partial charge in [0.15, 0.2) is 0 Å². The second-order valence-corrected chi connectivity index (χ2v) is 8.75. The van der Waals surface area contributed by atoms with Crippen molar-refractivity contribution in [1.29, 1.82) is 0 Å². The van der Waals surface area contributed by atoms with Gasteiger partial charge in [-0.1, -0.05) is 20.8 Å². The Balaban J connectivity index is 1.48. The van der Waals surface area contributed by atoms with Crippen LogP contribution in [0.2, 0.25) is 0 Å². The van der Waals surface area contributed by atoms with Crippen LogP contribution in [0.15, 0.2) is 18.3 Å². The molecule has 0 spiro atoms. The summed E-state index contributed by atoms with van der Waals surface area (Å²) in [6.07, 6.45) is 5.75. The molecule has 0 aromatic carbocycles. The lowest BCUT2D eigenvalue weighted by atomic mass is 9.90. The van der Waals surface area contributed by atoms with Crippen LogP contribution in [0.5, 0.6) is 0 Å². The third kappa shape index (κ3) is 4.99. The first-order valence-electron chi connectivity index (χ1n) is 10.1. The van der Waals surface area contributed by atoms with E-state index < -0.39 is 0 Å². The molecule has 2 aliphatic rings. The van der Waals surface area contributed by atoms with E-state index in [1.54, 1.807) is 0 Å². The highest BCUT2D eigenvalue weighted by Crippen LogP contribution is 2.24. The normalized spacial score (nSPS) is 18.6. The van der Waals surface area contributed by atoms with Crippen molar-refractivity contribution < 1.29 is 9.59 Å². The fourth-order valence-corrected chi connectivity index (χ4v) is 3.84. The molecular weight excluding hydrogens is 340 g/mol. The minimum Gasteiger partial charge on any atom is -0.357 e. The first-order valence-corrected chi connectivity index (χ1v) is 10.1. The third-order valence-electron chi connectivity index (χ3n) is 5.50. The Bertz CT molecular complexity index is 669. The monoisotopic (exact) mass is 372 g/mol. The van der Waals surface area contributed by atoms with E-state index in [2.05, 4.69) is 21.3 Å². The molecule has 6 nitrogen and oxygen atoms in total. The Morgan fingerprint density at radius 3 is 2.44 bits per heavy atom. The highest BCUT2D eigenvalue weighted by atomic mass is 16.2. The molecule has 0 unspecified atom stereocenters. The quantitative estimate of drug-likeness (QED) is 0.882. The van der Waals surface area contributed by atoms with Crippen LogP contribution in [0, 0.1) is 11.3 Å². The molecule has 0 aliphatic carbocycles. The zero-order valence-corrected chi connectivity index (χ0v) is 16.8. The summed E-state index contributed by atoms with van der Waals surface area (Å²) in [5.41, 5.74) is 0.726. The minimum absolute atomic E-state index is 0.00564. The maximum atomic E-state index is 12.5. The largest absolute Gasteiger partial charge is 0.357 e. The van der Waals surface area contributed by atoms with E-state index in [1.165, 1.54) is 12.8 Å². The number of aromatic nitrogens is 1. The maximum absolute atomic E-state index is 12.5. The molecule has 0 atom stereocenters. The zero-order chi connectivity index (χ0) is 19.4. The van der Waals surface area contributed by atoms with Gasteiger partial charge in [0.2, 0.25) is 11.8 Å². The first kappa shape index (κ1) is 19.6. The molecule has 3 rings (SSSR count). The molecule has 148 valence electrons. The van der Waals surface area contributed by atoms with Gasteiger partial charge in [-0.25, -0.2) is 4.98 Å². The van der Waals surface area contributed by atoms with Gasteiger partial charge in [-0.05, 0) is 43.4 Å². The summed E-state index contributed by atoms with van der Waals surface area (Å²) >= 11 is 0. The van der Waals surface area contributed by atoms with Crippen molar-refractivity contribution in [3.8, 4) is 0 Å². The molecule has 6 heteroatoms. The molecule has 1 aromatic heterocycles. The molecule has 3 heterocycles. The van der Waals surface area contributed by atoms with Crippen LogP contribution in [-0.2, 0) is 16.1 Å². The lowest BCUT2D eigenvalue weighted by Gasteiger charge is -2.35. The standard InChI is InChI=1S/C21H32N4O2/c1-21(2,3)20(27)25-12-7-17(8-13-25)19(26)23-15-16-6-9-22-18(14-16)24-10-4-5-11-24/h6,9,14,17H,4-5,7-8,10-13,15H2,1-3H3,(H,23,26). The van der Waals surface area contributed by atoms with Crippen molar-refractivity contribution in [1.82, 2.24) is 15.2 Å². The Morgan fingerprint density at radius 1 is 1.15 bits per heavy atom. The molecule has 1 aromatic rings. The first-order chi connectivity index (χ1) is 12.8. The average Bonchev–Trinajstić information content (AvgIpc) is 3.20. The van der Waals surface area contributed by atoms with Crippen molar-refractivity contribution in [2.75, 3.05) is 31.1 Å². The van der Waals surface area contributed by atoms with Gasteiger partial charge in [0.25, 0.3) is 0 Å². The van der Waals surface area contributed by atoms with E-state index in [0.717, 1.165) is 37.3 Å². The molecule has 2 saturated heterocycles. The van der Waals surface area contributed by atoms with Gasteiger partial charge in [-0.15, -0.1) is 0 Å². The number of hydrogen-bond donors (Lipinski definition) is 1. The number of likely N-dealkylation sites (tertiary alicyclic amines) is 1. The van der Waals surface area contributed by atoms with Crippen molar-refractivity contribution in [3.05, 3.63) is 23.9 Å². The summed E-state index contributed by atoms with van der Waals surface area (Å²) in [7, 11) is 0. The summed E-state index contributed by atoms with van der Waals surface area (Å²) in [6.45, 7) is 9.83. The maximum Gasteiger partial charge on any atom is 0.227 e. The smallest absolute Gasteiger partial charge is 0.227 e. The SMILES string of the molecule is CC(C)(C)C(=O)N1CCC(C(=O)NCc2ccnc(N3CCCC3)c2)CC1. The zero-order valence-electron chi connectivity index (χ0n) is 16.8. The molecule has 2 fully saturated rings. The predicted octanol–water partition coefficient (Wildman–Crippen LogP) is 2.58. The van der Waals surface area contributed by atoms with E-state index in [4.69, 9.17) is 0 Å². The Morgan fingerprint density at radius 2 is 1.81 bits per heavy atom. The second-order valence-electron chi connectivity index (χ2n) is 8.75. The molecule has 1 N–H and O–H groups in total. The van der Waals surface area contributed by atoms with Crippen molar-refractivity contribution in [2.24, 2.45) is 11.3 Å². The molecule has 0 radical (unpaired) electrons. The number of carbonyl (C=O) groups is 2. The number of pyridine rings is 1. The van der Waals surface area contributed by atoms with Crippen LogP contribution in [0.25, 0.3) is 0 Å². The van der Waals surface area contributed by atoms with Crippen molar-refractivity contribution in [3.63, 3.8) is 0 Å². The summed E-state index contributed by atoms with van der Waals surface area (Å²) in [4.78, 5) is 33.6. The van der Waals surface area contributed by atoms with Crippen LogP contribution in [0.4, 0.5) is 5.82 Å². The van der Waals surface area contributed by atoms with Gasteiger partial charge in [-0.3, -0.25) is 9.59 Å². The van der Waals surface area contributed by atoms with Crippen LogP contribution >= 0.6 is 0 Å².